The van der Waals surface area contributed by atoms with E-state index in [2.05, 4.69) is 33.8 Å². The minimum absolute atomic E-state index is 0.259. The second-order valence-corrected chi connectivity index (χ2v) is 5.76. The van der Waals surface area contributed by atoms with Gasteiger partial charge in [0.15, 0.2) is 0 Å². The fourth-order valence-electron chi connectivity index (χ4n) is 2.38. The Morgan fingerprint density at radius 3 is 2.78 bits per heavy atom. The minimum atomic E-state index is -0.259. The molecule has 0 amide bonds. The Balaban J connectivity index is 2.28. The van der Waals surface area contributed by atoms with E-state index in [0.29, 0.717) is 11.8 Å². The second-order valence-electron chi connectivity index (χ2n) is 5.76. The molecular formula is C16H29O2-. The van der Waals surface area contributed by atoms with E-state index in [-0.39, 0.29) is 6.10 Å². The van der Waals surface area contributed by atoms with Gasteiger partial charge in [-0.25, -0.2) is 0 Å². The van der Waals surface area contributed by atoms with Crippen LogP contribution in [0.2, 0.25) is 0 Å². The van der Waals surface area contributed by atoms with Gasteiger partial charge in [-0.15, -0.1) is 0 Å². The fourth-order valence-corrected chi connectivity index (χ4v) is 2.38. The number of allylic oxidation sites excluding steroid dienone is 1. The first-order valence-corrected chi connectivity index (χ1v) is 7.37. The summed E-state index contributed by atoms with van der Waals surface area (Å²) in [4.78, 5) is 0. The summed E-state index contributed by atoms with van der Waals surface area (Å²) in [6.07, 6.45) is 8.39. The highest BCUT2D eigenvalue weighted by molar-refractivity contribution is 5.12. The number of hydrogen-bond donors (Lipinski definition) is 1. The van der Waals surface area contributed by atoms with Crippen molar-refractivity contribution in [3.05, 3.63) is 17.8 Å². The highest BCUT2D eigenvalue weighted by atomic mass is 16.5. The van der Waals surface area contributed by atoms with Gasteiger partial charge in [-0.3, -0.25) is 0 Å². The summed E-state index contributed by atoms with van der Waals surface area (Å²) >= 11 is 0. The molecule has 1 N–H and O–H groups in total. The van der Waals surface area contributed by atoms with E-state index in [0.717, 1.165) is 38.4 Å². The summed E-state index contributed by atoms with van der Waals surface area (Å²) in [5.41, 5.74) is 1.39. The SMILES string of the molecule is CCCCO[C-](C)CCC1=CC(O)C(C)C(C)C1. The van der Waals surface area contributed by atoms with Gasteiger partial charge < -0.3 is 9.84 Å². The molecule has 18 heavy (non-hydrogen) atoms. The van der Waals surface area contributed by atoms with Crippen LogP contribution in [0.5, 0.6) is 0 Å². The van der Waals surface area contributed by atoms with Crippen molar-refractivity contribution < 1.29 is 9.84 Å². The van der Waals surface area contributed by atoms with Crippen LogP contribution in [0.15, 0.2) is 11.6 Å². The third kappa shape index (κ3) is 5.11. The van der Waals surface area contributed by atoms with Crippen molar-refractivity contribution in [3.63, 3.8) is 0 Å². The van der Waals surface area contributed by atoms with Crippen molar-refractivity contribution in [1.82, 2.24) is 0 Å². The van der Waals surface area contributed by atoms with E-state index in [1.807, 2.05) is 0 Å². The lowest BCUT2D eigenvalue weighted by molar-refractivity contribution is 0.114. The van der Waals surface area contributed by atoms with E-state index < -0.39 is 0 Å². The fraction of sp³-hybridized carbons (Fsp3) is 0.812. The van der Waals surface area contributed by atoms with Crippen LogP contribution < -0.4 is 0 Å². The molecule has 106 valence electrons. The number of rotatable bonds is 7. The van der Waals surface area contributed by atoms with Crippen LogP contribution in [0.3, 0.4) is 0 Å². The largest absolute Gasteiger partial charge is 0.549 e. The average Bonchev–Trinajstić information content (AvgIpc) is 2.33. The molecule has 0 saturated carbocycles. The topological polar surface area (TPSA) is 29.5 Å². The van der Waals surface area contributed by atoms with Crippen molar-refractivity contribution in [2.45, 2.75) is 65.9 Å². The zero-order valence-electron chi connectivity index (χ0n) is 12.4. The molecule has 0 aromatic rings. The first-order chi connectivity index (χ1) is 8.54. The van der Waals surface area contributed by atoms with Crippen LogP contribution in [0.1, 0.15) is 59.8 Å². The monoisotopic (exact) mass is 253 g/mol. The Labute approximate surface area is 112 Å². The molecule has 2 heteroatoms. The number of hydrogen-bond acceptors (Lipinski definition) is 2. The Morgan fingerprint density at radius 1 is 1.44 bits per heavy atom. The first kappa shape index (κ1) is 15.7. The Morgan fingerprint density at radius 2 is 2.17 bits per heavy atom. The van der Waals surface area contributed by atoms with E-state index in [1.165, 1.54) is 12.0 Å². The van der Waals surface area contributed by atoms with Crippen LogP contribution in [0.4, 0.5) is 0 Å². The first-order valence-electron chi connectivity index (χ1n) is 7.37. The molecule has 0 radical (unpaired) electrons. The van der Waals surface area contributed by atoms with E-state index in [9.17, 15) is 5.11 Å². The lowest BCUT2D eigenvalue weighted by Gasteiger charge is -2.32. The number of aliphatic hydroxyl groups excluding tert-OH is 1. The average molecular weight is 253 g/mol. The van der Waals surface area contributed by atoms with Gasteiger partial charge >= 0.3 is 0 Å². The third-order valence-corrected chi connectivity index (χ3v) is 4.07. The summed E-state index contributed by atoms with van der Waals surface area (Å²) in [5.74, 6) is 0.973. The quantitative estimate of drug-likeness (QED) is 0.420. The Bertz CT molecular complexity index is 260. The van der Waals surface area contributed by atoms with E-state index in [1.54, 1.807) is 0 Å². The molecule has 0 fully saturated rings. The molecule has 0 aliphatic heterocycles. The van der Waals surface area contributed by atoms with E-state index in [4.69, 9.17) is 4.74 Å². The molecule has 0 spiro atoms. The highest BCUT2D eigenvalue weighted by Crippen LogP contribution is 2.32. The molecule has 3 atom stereocenters. The van der Waals surface area contributed by atoms with Gasteiger partial charge in [0.2, 0.25) is 0 Å². The van der Waals surface area contributed by atoms with Gasteiger partial charge in [0.1, 0.15) is 0 Å². The van der Waals surface area contributed by atoms with Gasteiger partial charge in [-0.2, -0.15) is 19.4 Å². The zero-order chi connectivity index (χ0) is 13.5. The minimum Gasteiger partial charge on any atom is -0.549 e. The molecule has 0 bridgehead atoms. The molecule has 1 aliphatic rings. The predicted octanol–water partition coefficient (Wildman–Crippen LogP) is 4.10. The Kier molecular flexibility index (Phi) is 6.95. The Hall–Kier alpha value is -0.340. The van der Waals surface area contributed by atoms with Crippen LogP contribution in [0, 0.1) is 17.9 Å². The van der Waals surface area contributed by atoms with Crippen molar-refractivity contribution in [2.75, 3.05) is 6.61 Å². The number of unbranched alkanes of at least 4 members (excludes halogenated alkanes) is 1. The molecule has 1 rings (SSSR count). The second kappa shape index (κ2) is 7.96. The molecular weight excluding hydrogens is 224 g/mol. The van der Waals surface area contributed by atoms with Crippen LogP contribution in [0.25, 0.3) is 0 Å². The van der Waals surface area contributed by atoms with Crippen LogP contribution >= 0.6 is 0 Å². The van der Waals surface area contributed by atoms with Crippen molar-refractivity contribution >= 4 is 0 Å². The summed E-state index contributed by atoms with van der Waals surface area (Å²) in [7, 11) is 0. The van der Waals surface area contributed by atoms with E-state index >= 15 is 0 Å². The molecule has 1 aliphatic carbocycles. The summed E-state index contributed by atoms with van der Waals surface area (Å²) in [6, 6.07) is 0. The normalized spacial score (nSPS) is 28.6. The standard InChI is InChI=1S/C16H29O2/c1-5-6-9-18-13(3)7-8-15-10-12(2)14(4)16(17)11-15/h11-12,14,16-17H,5-10H2,1-4H3/q-1. The lowest BCUT2D eigenvalue weighted by atomic mass is 9.79. The summed E-state index contributed by atoms with van der Waals surface area (Å²) in [6.45, 7) is 9.46. The van der Waals surface area contributed by atoms with Gasteiger partial charge in [0.25, 0.3) is 0 Å². The van der Waals surface area contributed by atoms with Crippen molar-refractivity contribution in [3.8, 4) is 0 Å². The molecule has 3 unspecified atom stereocenters. The van der Waals surface area contributed by atoms with Crippen molar-refractivity contribution in [2.24, 2.45) is 11.8 Å². The molecule has 0 heterocycles. The van der Waals surface area contributed by atoms with Crippen molar-refractivity contribution in [1.29, 1.82) is 0 Å². The maximum Gasteiger partial charge on any atom is 0.0751 e. The van der Waals surface area contributed by atoms with Crippen LogP contribution in [-0.2, 0) is 4.74 Å². The van der Waals surface area contributed by atoms with Gasteiger partial charge in [-0.1, -0.05) is 45.3 Å². The maximum absolute atomic E-state index is 9.94. The summed E-state index contributed by atoms with van der Waals surface area (Å²) in [5, 5.41) is 9.94. The van der Waals surface area contributed by atoms with Crippen LogP contribution in [-0.4, -0.2) is 17.8 Å². The number of ether oxygens (including phenoxy) is 1. The molecule has 2 nitrogen and oxygen atoms in total. The van der Waals surface area contributed by atoms with Gasteiger partial charge in [0, 0.05) is 6.61 Å². The lowest BCUT2D eigenvalue weighted by Crippen LogP contribution is -2.27. The predicted molar refractivity (Wildman–Crippen MR) is 76.0 cm³/mol. The molecule has 0 saturated heterocycles. The third-order valence-electron chi connectivity index (χ3n) is 4.07. The maximum atomic E-state index is 9.94. The number of aliphatic hydroxyl groups is 1. The summed E-state index contributed by atoms with van der Waals surface area (Å²) < 4.78 is 5.68. The smallest absolute Gasteiger partial charge is 0.0751 e. The molecule has 0 aromatic carbocycles. The van der Waals surface area contributed by atoms with Gasteiger partial charge in [0.05, 0.1) is 6.10 Å². The molecule has 0 aromatic heterocycles. The highest BCUT2D eigenvalue weighted by Gasteiger charge is 2.24. The zero-order valence-corrected chi connectivity index (χ0v) is 12.4. The van der Waals surface area contributed by atoms with Gasteiger partial charge in [-0.05, 0) is 24.7 Å².